The second-order valence-electron chi connectivity index (χ2n) is 5.25. The Morgan fingerprint density at radius 3 is 2.95 bits per heavy atom. The molecule has 0 radical (unpaired) electrons. The Kier molecular flexibility index (Phi) is 3.26. The van der Waals surface area contributed by atoms with Gasteiger partial charge in [0.2, 0.25) is 0 Å². The van der Waals surface area contributed by atoms with E-state index in [9.17, 15) is 9.59 Å². The number of pyridine rings is 1. The SMILES string of the molecule is Cc1ccn2c(=O)cc(COC(=O)C3CCC3)nc2c1. The number of hydrogen-bond donors (Lipinski definition) is 0. The molecule has 0 unspecified atom stereocenters. The number of carbonyl (C=O) groups excluding carboxylic acids is 1. The highest BCUT2D eigenvalue weighted by Crippen LogP contribution is 2.27. The Labute approximate surface area is 116 Å². The van der Waals surface area contributed by atoms with Gasteiger partial charge in [0.15, 0.2) is 0 Å². The van der Waals surface area contributed by atoms with E-state index in [-0.39, 0.29) is 24.1 Å². The third-order valence-corrected chi connectivity index (χ3v) is 3.68. The molecule has 0 atom stereocenters. The maximum atomic E-state index is 11.9. The number of aromatic nitrogens is 2. The molecule has 3 rings (SSSR count). The first-order chi connectivity index (χ1) is 9.63. The lowest BCUT2D eigenvalue weighted by Crippen LogP contribution is -2.24. The second kappa shape index (κ2) is 5.07. The molecule has 0 N–H and O–H groups in total. The second-order valence-corrected chi connectivity index (χ2v) is 5.25. The fraction of sp³-hybridized carbons (Fsp3) is 0.400. The summed E-state index contributed by atoms with van der Waals surface area (Å²) in [5.41, 5.74) is 1.94. The number of hydrogen-bond acceptors (Lipinski definition) is 4. The molecular formula is C15H16N2O3. The number of ether oxygens (including phenoxy) is 1. The first-order valence-corrected chi connectivity index (χ1v) is 6.79. The van der Waals surface area contributed by atoms with Crippen LogP contribution in [0.5, 0.6) is 0 Å². The molecule has 20 heavy (non-hydrogen) atoms. The quantitative estimate of drug-likeness (QED) is 0.800. The Balaban J connectivity index is 1.81. The molecule has 2 aromatic rings. The number of fused-ring (bicyclic) bond motifs is 1. The van der Waals surface area contributed by atoms with E-state index in [0.717, 1.165) is 24.8 Å². The zero-order valence-corrected chi connectivity index (χ0v) is 11.3. The van der Waals surface area contributed by atoms with Gasteiger partial charge in [-0.25, -0.2) is 4.98 Å². The van der Waals surface area contributed by atoms with Crippen LogP contribution in [0.3, 0.4) is 0 Å². The van der Waals surface area contributed by atoms with E-state index in [1.54, 1.807) is 6.20 Å². The number of carbonyl (C=O) groups is 1. The van der Waals surface area contributed by atoms with Gasteiger partial charge in [0, 0.05) is 12.3 Å². The van der Waals surface area contributed by atoms with Gasteiger partial charge in [0.05, 0.1) is 11.6 Å². The Bertz CT molecular complexity index is 717. The van der Waals surface area contributed by atoms with Crippen molar-refractivity contribution in [2.24, 2.45) is 5.92 Å². The summed E-state index contributed by atoms with van der Waals surface area (Å²) >= 11 is 0. The molecule has 1 aliphatic carbocycles. The fourth-order valence-electron chi connectivity index (χ4n) is 2.23. The zero-order valence-electron chi connectivity index (χ0n) is 11.3. The molecule has 2 aromatic heterocycles. The van der Waals surface area contributed by atoms with Crippen molar-refractivity contribution >= 4 is 11.6 Å². The minimum absolute atomic E-state index is 0.0406. The molecule has 2 heterocycles. The van der Waals surface area contributed by atoms with Crippen LogP contribution in [0.25, 0.3) is 5.65 Å². The average Bonchev–Trinajstić information content (AvgIpc) is 2.33. The van der Waals surface area contributed by atoms with Crippen LogP contribution in [0.2, 0.25) is 0 Å². The van der Waals surface area contributed by atoms with Crippen molar-refractivity contribution in [2.75, 3.05) is 0 Å². The maximum absolute atomic E-state index is 11.9. The highest BCUT2D eigenvalue weighted by atomic mass is 16.5. The van der Waals surface area contributed by atoms with E-state index in [4.69, 9.17) is 4.74 Å². The molecule has 1 saturated carbocycles. The Morgan fingerprint density at radius 2 is 2.25 bits per heavy atom. The van der Waals surface area contributed by atoms with Crippen LogP contribution in [0.15, 0.2) is 29.2 Å². The van der Waals surface area contributed by atoms with Crippen molar-refractivity contribution in [3.63, 3.8) is 0 Å². The standard InChI is InChI=1S/C15H16N2O3/c1-10-5-6-17-13(7-10)16-12(8-14(17)18)9-20-15(19)11-3-2-4-11/h5-8,11H,2-4,9H2,1H3. The van der Waals surface area contributed by atoms with E-state index in [1.807, 2.05) is 19.1 Å². The molecule has 1 fully saturated rings. The summed E-state index contributed by atoms with van der Waals surface area (Å²) in [6.07, 6.45) is 4.61. The Hall–Kier alpha value is -2.17. The van der Waals surface area contributed by atoms with Crippen molar-refractivity contribution in [3.8, 4) is 0 Å². The summed E-state index contributed by atoms with van der Waals surface area (Å²) in [5, 5.41) is 0. The number of rotatable bonds is 3. The summed E-state index contributed by atoms with van der Waals surface area (Å²) in [5.74, 6) is -0.138. The summed E-state index contributed by atoms with van der Waals surface area (Å²) < 4.78 is 6.69. The number of nitrogens with zero attached hydrogens (tertiary/aromatic N) is 2. The molecule has 0 bridgehead atoms. The van der Waals surface area contributed by atoms with Crippen molar-refractivity contribution in [1.29, 1.82) is 0 Å². The molecule has 1 aliphatic rings. The average molecular weight is 272 g/mol. The first-order valence-electron chi connectivity index (χ1n) is 6.79. The number of aryl methyl sites for hydroxylation is 1. The van der Waals surface area contributed by atoms with Gasteiger partial charge in [0.1, 0.15) is 12.3 Å². The number of esters is 1. The first kappa shape index (κ1) is 12.8. The lowest BCUT2D eigenvalue weighted by atomic mass is 9.86. The molecule has 0 aliphatic heterocycles. The van der Waals surface area contributed by atoms with Crippen LogP contribution < -0.4 is 5.56 Å². The summed E-state index contributed by atoms with van der Waals surface area (Å²) in [7, 11) is 0. The smallest absolute Gasteiger partial charge is 0.309 e. The molecule has 0 saturated heterocycles. The van der Waals surface area contributed by atoms with Gasteiger partial charge >= 0.3 is 5.97 Å². The van der Waals surface area contributed by atoms with Crippen LogP contribution >= 0.6 is 0 Å². The van der Waals surface area contributed by atoms with Crippen LogP contribution in [0.4, 0.5) is 0 Å². The molecule has 5 nitrogen and oxygen atoms in total. The van der Waals surface area contributed by atoms with Gasteiger partial charge in [-0.05, 0) is 37.5 Å². The minimum atomic E-state index is -0.178. The summed E-state index contributed by atoms with van der Waals surface area (Å²) in [4.78, 5) is 28.0. The molecule has 0 aromatic carbocycles. The Morgan fingerprint density at radius 1 is 1.45 bits per heavy atom. The van der Waals surface area contributed by atoms with E-state index >= 15 is 0 Å². The zero-order chi connectivity index (χ0) is 14.1. The van der Waals surface area contributed by atoms with Crippen LogP contribution in [0.1, 0.15) is 30.5 Å². The fourth-order valence-corrected chi connectivity index (χ4v) is 2.23. The van der Waals surface area contributed by atoms with Gasteiger partial charge in [-0.2, -0.15) is 0 Å². The topological polar surface area (TPSA) is 60.7 Å². The van der Waals surface area contributed by atoms with Gasteiger partial charge in [-0.3, -0.25) is 14.0 Å². The lowest BCUT2D eigenvalue weighted by molar-refractivity contribution is -0.152. The largest absolute Gasteiger partial charge is 0.459 e. The molecule has 104 valence electrons. The molecular weight excluding hydrogens is 256 g/mol. The normalized spacial score (nSPS) is 15.1. The molecule has 0 spiro atoms. The maximum Gasteiger partial charge on any atom is 0.309 e. The van der Waals surface area contributed by atoms with E-state index < -0.39 is 0 Å². The minimum Gasteiger partial charge on any atom is -0.459 e. The van der Waals surface area contributed by atoms with Crippen molar-refractivity contribution in [1.82, 2.24) is 9.38 Å². The molecule has 5 heteroatoms. The van der Waals surface area contributed by atoms with Crippen molar-refractivity contribution in [2.45, 2.75) is 32.8 Å². The predicted octanol–water partition coefficient (Wildman–Crippen LogP) is 1.85. The highest BCUT2D eigenvalue weighted by molar-refractivity contribution is 5.73. The van der Waals surface area contributed by atoms with Crippen molar-refractivity contribution in [3.05, 3.63) is 46.0 Å². The van der Waals surface area contributed by atoms with Crippen LogP contribution in [0, 0.1) is 12.8 Å². The van der Waals surface area contributed by atoms with Gasteiger partial charge in [-0.15, -0.1) is 0 Å². The van der Waals surface area contributed by atoms with Crippen LogP contribution in [-0.2, 0) is 16.1 Å². The highest BCUT2D eigenvalue weighted by Gasteiger charge is 2.26. The molecule has 0 amide bonds. The van der Waals surface area contributed by atoms with E-state index in [2.05, 4.69) is 4.98 Å². The van der Waals surface area contributed by atoms with E-state index in [1.165, 1.54) is 10.5 Å². The van der Waals surface area contributed by atoms with Crippen molar-refractivity contribution < 1.29 is 9.53 Å². The third-order valence-electron chi connectivity index (χ3n) is 3.68. The summed E-state index contributed by atoms with van der Waals surface area (Å²) in [6.45, 7) is 2.00. The lowest BCUT2D eigenvalue weighted by Gasteiger charge is -2.22. The predicted molar refractivity (Wildman–Crippen MR) is 73.3 cm³/mol. The van der Waals surface area contributed by atoms with Gasteiger partial charge in [-0.1, -0.05) is 6.42 Å². The summed E-state index contributed by atoms with van der Waals surface area (Å²) in [6, 6.07) is 5.10. The monoisotopic (exact) mass is 272 g/mol. The van der Waals surface area contributed by atoms with Gasteiger partial charge in [0.25, 0.3) is 5.56 Å². The van der Waals surface area contributed by atoms with E-state index in [0.29, 0.717) is 11.3 Å². The van der Waals surface area contributed by atoms with Gasteiger partial charge < -0.3 is 4.74 Å². The van der Waals surface area contributed by atoms with Crippen LogP contribution in [-0.4, -0.2) is 15.4 Å². The third kappa shape index (κ3) is 2.43.